The fraction of sp³-hybridized carbons (Fsp3) is 0.625. The van der Waals surface area contributed by atoms with Crippen LogP contribution in [-0.4, -0.2) is 46.7 Å². The van der Waals surface area contributed by atoms with Crippen molar-refractivity contribution < 1.29 is 9.59 Å². The summed E-state index contributed by atoms with van der Waals surface area (Å²) in [6.45, 7) is 1.52. The van der Waals surface area contributed by atoms with Gasteiger partial charge in [-0.1, -0.05) is 0 Å². The first kappa shape index (κ1) is 17.4. The topological polar surface area (TPSA) is 129 Å². The summed E-state index contributed by atoms with van der Waals surface area (Å²) in [5, 5.41) is 18.5. The Kier molecular flexibility index (Phi) is 4.74. The van der Waals surface area contributed by atoms with Gasteiger partial charge in [0.2, 0.25) is 5.91 Å². The molecule has 2 aliphatic rings. The number of carbonyl (C=O) groups is 2. The second-order valence-corrected chi connectivity index (χ2v) is 6.73. The van der Waals surface area contributed by atoms with Crippen LogP contribution in [0.25, 0.3) is 0 Å². The molecule has 9 heteroatoms. The van der Waals surface area contributed by atoms with Gasteiger partial charge in [-0.2, -0.15) is 10.4 Å². The van der Waals surface area contributed by atoms with Crippen LogP contribution in [0.4, 0.5) is 5.82 Å². The largest absolute Gasteiger partial charge is 0.365 e. The zero-order chi connectivity index (χ0) is 18.0. The highest BCUT2D eigenvalue weighted by molar-refractivity contribution is 6.02. The number of hydrazine groups is 1. The number of nitriles is 1. The second kappa shape index (κ2) is 6.82. The van der Waals surface area contributed by atoms with Gasteiger partial charge in [0, 0.05) is 25.2 Å². The Morgan fingerprint density at radius 2 is 2.12 bits per heavy atom. The van der Waals surface area contributed by atoms with Crippen LogP contribution >= 0.6 is 0 Å². The fourth-order valence-electron chi connectivity index (χ4n) is 3.23. The van der Waals surface area contributed by atoms with Crippen molar-refractivity contribution in [2.45, 2.75) is 37.6 Å². The lowest BCUT2D eigenvalue weighted by molar-refractivity contribution is -0.117. The van der Waals surface area contributed by atoms with Crippen LogP contribution < -0.4 is 16.5 Å². The van der Waals surface area contributed by atoms with Gasteiger partial charge in [0.15, 0.2) is 5.82 Å². The molecule has 25 heavy (non-hydrogen) atoms. The predicted octanol–water partition coefficient (Wildman–Crippen LogP) is 0.170. The van der Waals surface area contributed by atoms with Crippen molar-refractivity contribution in [3.63, 3.8) is 0 Å². The van der Waals surface area contributed by atoms with Crippen molar-refractivity contribution in [2.75, 3.05) is 25.5 Å². The van der Waals surface area contributed by atoms with Crippen molar-refractivity contribution >= 4 is 17.6 Å². The van der Waals surface area contributed by atoms with E-state index in [9.17, 15) is 14.9 Å². The molecule has 134 valence electrons. The van der Waals surface area contributed by atoms with Crippen molar-refractivity contribution in [3.8, 4) is 6.07 Å². The molecule has 2 heterocycles. The van der Waals surface area contributed by atoms with Crippen LogP contribution in [0.15, 0.2) is 6.20 Å². The Bertz CT molecular complexity index is 709. The molecule has 1 aliphatic heterocycles. The molecule has 0 atom stereocenters. The van der Waals surface area contributed by atoms with Crippen molar-refractivity contribution in [2.24, 2.45) is 11.7 Å². The van der Waals surface area contributed by atoms with Crippen LogP contribution in [0.5, 0.6) is 0 Å². The van der Waals surface area contributed by atoms with Crippen LogP contribution in [0.1, 0.15) is 42.5 Å². The van der Waals surface area contributed by atoms with Gasteiger partial charge in [-0.05, 0) is 32.7 Å². The van der Waals surface area contributed by atoms with E-state index in [1.54, 1.807) is 10.9 Å². The molecule has 1 aromatic heterocycles. The van der Waals surface area contributed by atoms with E-state index in [2.05, 4.69) is 26.9 Å². The SMILES string of the molecule is CNN1CCC(CC#N)(n2cc(C(N)=O)c(NC(=O)C3CC3)n2)CC1. The third kappa shape index (κ3) is 3.50. The second-order valence-electron chi connectivity index (χ2n) is 6.73. The lowest BCUT2D eigenvalue weighted by Gasteiger charge is -2.40. The number of hydrogen-bond acceptors (Lipinski definition) is 6. The Hall–Kier alpha value is -2.44. The van der Waals surface area contributed by atoms with E-state index in [-0.39, 0.29) is 29.6 Å². The maximum absolute atomic E-state index is 12.0. The summed E-state index contributed by atoms with van der Waals surface area (Å²) in [5.41, 5.74) is 8.24. The van der Waals surface area contributed by atoms with Gasteiger partial charge in [-0.15, -0.1) is 0 Å². The first-order chi connectivity index (χ1) is 12.0. The van der Waals surface area contributed by atoms with E-state index in [0.29, 0.717) is 12.8 Å². The van der Waals surface area contributed by atoms with E-state index >= 15 is 0 Å². The number of nitrogens with two attached hydrogens (primary N) is 1. The average Bonchev–Trinajstić information content (AvgIpc) is 3.36. The summed E-state index contributed by atoms with van der Waals surface area (Å²) in [5.74, 6) is -0.584. The number of aromatic nitrogens is 2. The lowest BCUT2D eigenvalue weighted by atomic mass is 9.85. The molecule has 1 aliphatic carbocycles. The lowest BCUT2D eigenvalue weighted by Crippen LogP contribution is -2.50. The molecule has 2 amide bonds. The maximum Gasteiger partial charge on any atom is 0.254 e. The van der Waals surface area contributed by atoms with Gasteiger partial charge in [0.05, 0.1) is 18.0 Å². The number of primary amides is 1. The summed E-state index contributed by atoms with van der Waals surface area (Å²) in [6.07, 6.45) is 4.97. The van der Waals surface area contributed by atoms with E-state index in [4.69, 9.17) is 5.73 Å². The molecule has 1 aromatic rings. The van der Waals surface area contributed by atoms with Gasteiger partial charge in [0.1, 0.15) is 5.56 Å². The zero-order valence-corrected chi connectivity index (χ0v) is 14.3. The van der Waals surface area contributed by atoms with Crippen molar-refractivity contribution in [1.82, 2.24) is 20.2 Å². The van der Waals surface area contributed by atoms with Gasteiger partial charge in [0.25, 0.3) is 5.91 Å². The number of piperidine rings is 1. The van der Waals surface area contributed by atoms with Crippen molar-refractivity contribution in [1.29, 1.82) is 5.26 Å². The van der Waals surface area contributed by atoms with Gasteiger partial charge < -0.3 is 11.1 Å². The van der Waals surface area contributed by atoms with Crippen LogP contribution in [0.2, 0.25) is 0 Å². The molecule has 4 N–H and O–H groups in total. The van der Waals surface area contributed by atoms with Crippen LogP contribution in [0, 0.1) is 17.2 Å². The number of carbonyl (C=O) groups excluding carboxylic acids is 2. The first-order valence-electron chi connectivity index (χ1n) is 8.49. The number of hydrogen-bond donors (Lipinski definition) is 3. The van der Waals surface area contributed by atoms with Gasteiger partial charge >= 0.3 is 0 Å². The number of rotatable bonds is 6. The summed E-state index contributed by atoms with van der Waals surface area (Å²) < 4.78 is 1.66. The Balaban J connectivity index is 1.89. The molecule has 0 unspecified atom stereocenters. The number of nitrogens with zero attached hydrogens (tertiary/aromatic N) is 4. The van der Waals surface area contributed by atoms with Crippen molar-refractivity contribution in [3.05, 3.63) is 11.8 Å². The maximum atomic E-state index is 12.0. The minimum absolute atomic E-state index is 0.00203. The molecule has 9 nitrogen and oxygen atoms in total. The fourth-order valence-corrected chi connectivity index (χ4v) is 3.23. The number of amides is 2. The van der Waals surface area contributed by atoms with Gasteiger partial charge in [-0.3, -0.25) is 19.7 Å². The molecular weight excluding hydrogens is 322 g/mol. The molecule has 0 aromatic carbocycles. The number of nitrogens with one attached hydrogen (secondary N) is 2. The first-order valence-corrected chi connectivity index (χ1v) is 8.49. The zero-order valence-electron chi connectivity index (χ0n) is 14.3. The molecule has 1 saturated carbocycles. The van der Waals surface area contributed by atoms with E-state index in [0.717, 1.165) is 25.9 Å². The Morgan fingerprint density at radius 1 is 1.44 bits per heavy atom. The Labute approximate surface area is 146 Å². The number of anilines is 1. The molecule has 0 spiro atoms. The molecule has 1 saturated heterocycles. The molecular formula is C16H23N7O2. The van der Waals surface area contributed by atoms with Crippen LogP contribution in [-0.2, 0) is 10.3 Å². The quantitative estimate of drug-likeness (QED) is 0.674. The van der Waals surface area contributed by atoms with Gasteiger partial charge in [-0.25, -0.2) is 5.01 Å². The highest BCUT2D eigenvalue weighted by Crippen LogP contribution is 2.35. The smallest absolute Gasteiger partial charge is 0.254 e. The third-order valence-corrected chi connectivity index (χ3v) is 5.07. The summed E-state index contributed by atoms with van der Waals surface area (Å²) in [7, 11) is 1.86. The summed E-state index contributed by atoms with van der Waals surface area (Å²) in [6, 6.07) is 2.23. The molecule has 0 radical (unpaired) electrons. The summed E-state index contributed by atoms with van der Waals surface area (Å²) in [4.78, 5) is 23.8. The van der Waals surface area contributed by atoms with E-state index in [1.807, 2.05) is 7.05 Å². The monoisotopic (exact) mass is 345 g/mol. The highest BCUT2D eigenvalue weighted by atomic mass is 16.2. The average molecular weight is 345 g/mol. The third-order valence-electron chi connectivity index (χ3n) is 5.07. The van der Waals surface area contributed by atoms with Crippen LogP contribution in [0.3, 0.4) is 0 Å². The normalized spacial score (nSPS) is 20.0. The minimum Gasteiger partial charge on any atom is -0.365 e. The Morgan fingerprint density at radius 3 is 2.64 bits per heavy atom. The predicted molar refractivity (Wildman–Crippen MR) is 90.2 cm³/mol. The minimum atomic E-state index is -0.642. The van der Waals surface area contributed by atoms with E-state index < -0.39 is 11.4 Å². The highest BCUT2D eigenvalue weighted by Gasteiger charge is 2.38. The summed E-state index contributed by atoms with van der Waals surface area (Å²) >= 11 is 0. The molecule has 0 bridgehead atoms. The van der Waals surface area contributed by atoms with E-state index in [1.165, 1.54) is 0 Å². The molecule has 3 rings (SSSR count). The standard InChI is InChI=1S/C16H23N7O2/c1-19-22-8-5-16(4-7-17,6-9-22)23-10-12(13(18)24)14(21-23)20-15(25)11-2-3-11/h10-11,19H,2-6,8-9H2,1H3,(H2,18,24)(H,20,21,25). The molecule has 2 fully saturated rings.